The second-order valence-corrected chi connectivity index (χ2v) is 7.92. The molecule has 0 bridgehead atoms. The Kier molecular flexibility index (Phi) is 5.82. The fraction of sp³-hybridized carbons (Fsp3) is 0.350. The van der Waals surface area contributed by atoms with Crippen LogP contribution in [-0.2, 0) is 6.42 Å². The number of halogens is 1. The number of fused-ring (bicyclic) bond motifs is 3. The average Bonchev–Trinajstić information content (AvgIpc) is 2.89. The fourth-order valence-electron chi connectivity index (χ4n) is 3.42. The van der Waals surface area contributed by atoms with Gasteiger partial charge in [0.2, 0.25) is 5.75 Å². The normalized spacial score (nSPS) is 15.5. The number of aryl methyl sites for hydroxylation is 1. The lowest BCUT2D eigenvalue weighted by atomic mass is 9.96. The van der Waals surface area contributed by atoms with Crippen molar-refractivity contribution in [2.24, 2.45) is 0 Å². The van der Waals surface area contributed by atoms with E-state index in [1.807, 2.05) is 24.5 Å². The molecule has 0 heterocycles. The van der Waals surface area contributed by atoms with Crippen LogP contribution in [0.25, 0.3) is 11.1 Å². The van der Waals surface area contributed by atoms with Crippen LogP contribution in [0, 0.1) is 0 Å². The van der Waals surface area contributed by atoms with Gasteiger partial charge < -0.3 is 14.2 Å². The van der Waals surface area contributed by atoms with Crippen molar-refractivity contribution in [3.63, 3.8) is 0 Å². The quantitative estimate of drug-likeness (QED) is 0.506. The molecule has 0 unspecified atom stereocenters. The molecule has 1 aliphatic carbocycles. The Morgan fingerprint density at radius 2 is 1.81 bits per heavy atom. The molecule has 6 heteroatoms. The summed E-state index contributed by atoms with van der Waals surface area (Å²) in [4.78, 5) is 13.4. The first-order valence-electron chi connectivity index (χ1n) is 8.24. The second-order valence-electron chi connectivity index (χ2n) is 5.96. The molecule has 1 atom stereocenters. The molecule has 0 saturated heterocycles. The maximum absolute atomic E-state index is 12.6. The number of thioether (sulfide) groups is 1. The van der Waals surface area contributed by atoms with Crippen LogP contribution < -0.4 is 19.6 Å². The second kappa shape index (κ2) is 7.92. The number of methoxy groups -OCH3 is 3. The van der Waals surface area contributed by atoms with Crippen molar-refractivity contribution < 1.29 is 14.2 Å². The van der Waals surface area contributed by atoms with Crippen LogP contribution in [-0.4, -0.2) is 27.6 Å². The minimum absolute atomic E-state index is 0.0334. The zero-order chi connectivity index (χ0) is 18.8. The molecule has 0 aliphatic heterocycles. The van der Waals surface area contributed by atoms with Gasteiger partial charge in [-0.2, -0.15) is 0 Å². The van der Waals surface area contributed by atoms with Crippen molar-refractivity contribution in [3.05, 3.63) is 45.6 Å². The summed E-state index contributed by atoms with van der Waals surface area (Å²) in [6, 6.07) is 7.64. The highest BCUT2D eigenvalue weighted by Gasteiger charge is 2.28. The van der Waals surface area contributed by atoms with Crippen LogP contribution in [0.3, 0.4) is 0 Å². The van der Waals surface area contributed by atoms with Gasteiger partial charge in [0.25, 0.3) is 0 Å². The highest BCUT2D eigenvalue weighted by molar-refractivity contribution is 9.09. The first-order valence-corrected chi connectivity index (χ1v) is 10.4. The smallest absolute Gasteiger partial charge is 0.203 e. The zero-order valence-corrected chi connectivity index (χ0v) is 17.6. The van der Waals surface area contributed by atoms with Crippen LogP contribution in [0.4, 0.5) is 0 Å². The van der Waals surface area contributed by atoms with E-state index in [0.717, 1.165) is 40.0 Å². The summed E-state index contributed by atoms with van der Waals surface area (Å²) in [6.07, 6.45) is 3.62. The molecule has 4 nitrogen and oxygen atoms in total. The van der Waals surface area contributed by atoms with Crippen molar-refractivity contribution in [1.82, 2.24) is 0 Å². The van der Waals surface area contributed by atoms with Gasteiger partial charge >= 0.3 is 0 Å². The largest absolute Gasteiger partial charge is 0.493 e. The Morgan fingerprint density at radius 1 is 1.08 bits per heavy atom. The Balaban J connectivity index is 2.43. The van der Waals surface area contributed by atoms with E-state index in [4.69, 9.17) is 14.2 Å². The van der Waals surface area contributed by atoms with Crippen LogP contribution in [0.2, 0.25) is 0 Å². The Morgan fingerprint density at radius 3 is 2.42 bits per heavy atom. The van der Waals surface area contributed by atoms with Gasteiger partial charge in [0, 0.05) is 10.4 Å². The lowest BCUT2D eigenvalue weighted by Gasteiger charge is -2.19. The van der Waals surface area contributed by atoms with Gasteiger partial charge in [-0.25, -0.2) is 0 Å². The van der Waals surface area contributed by atoms with E-state index in [1.54, 1.807) is 27.4 Å². The zero-order valence-electron chi connectivity index (χ0n) is 15.2. The SMILES string of the molecule is COc1cc2c(c(OC)c1OC)-c1ccc(SC)c(=O)cc1[C@H](Br)CC2. The van der Waals surface area contributed by atoms with Crippen molar-refractivity contribution in [1.29, 1.82) is 0 Å². The Labute approximate surface area is 166 Å². The van der Waals surface area contributed by atoms with Gasteiger partial charge in [-0.05, 0) is 54.0 Å². The monoisotopic (exact) mass is 436 g/mol. The van der Waals surface area contributed by atoms with Crippen molar-refractivity contribution in [2.45, 2.75) is 22.6 Å². The van der Waals surface area contributed by atoms with E-state index in [1.165, 1.54) is 11.8 Å². The van der Waals surface area contributed by atoms with E-state index >= 15 is 0 Å². The predicted molar refractivity (Wildman–Crippen MR) is 110 cm³/mol. The number of alkyl halides is 1. The molecule has 0 radical (unpaired) electrons. The number of hydrogen-bond donors (Lipinski definition) is 0. The summed E-state index contributed by atoms with van der Waals surface area (Å²) < 4.78 is 16.8. The first-order chi connectivity index (χ1) is 12.5. The summed E-state index contributed by atoms with van der Waals surface area (Å²) in [7, 11) is 4.85. The van der Waals surface area contributed by atoms with Gasteiger partial charge in [-0.1, -0.05) is 22.0 Å². The Hall–Kier alpha value is -1.66. The summed E-state index contributed by atoms with van der Waals surface area (Å²) in [5.41, 5.74) is 4.07. The van der Waals surface area contributed by atoms with Gasteiger partial charge in [0.15, 0.2) is 16.9 Å². The first kappa shape index (κ1) is 19.1. The summed E-state index contributed by atoms with van der Waals surface area (Å²) in [5, 5.41) is 0. The van der Waals surface area contributed by atoms with E-state index in [9.17, 15) is 4.79 Å². The molecule has 1 aliphatic rings. The highest BCUT2D eigenvalue weighted by Crippen LogP contribution is 2.51. The van der Waals surface area contributed by atoms with Crippen LogP contribution in [0.15, 0.2) is 34.0 Å². The molecule has 2 aromatic rings. The molecule has 0 aromatic heterocycles. The van der Waals surface area contributed by atoms with Gasteiger partial charge in [-0.15, -0.1) is 11.8 Å². The van der Waals surface area contributed by atoms with E-state index in [-0.39, 0.29) is 10.3 Å². The molecule has 2 aromatic carbocycles. The third-order valence-electron chi connectivity index (χ3n) is 4.65. The number of ether oxygens (including phenoxy) is 3. The number of rotatable bonds is 4. The number of benzene rings is 1. The van der Waals surface area contributed by atoms with Crippen LogP contribution in [0.5, 0.6) is 17.2 Å². The van der Waals surface area contributed by atoms with Crippen molar-refractivity contribution in [3.8, 4) is 28.4 Å². The maximum Gasteiger partial charge on any atom is 0.203 e. The third-order valence-corrected chi connectivity index (χ3v) is 6.38. The molecule has 138 valence electrons. The van der Waals surface area contributed by atoms with Crippen LogP contribution in [0.1, 0.15) is 22.4 Å². The standard InChI is InChI=1S/C20H21BrO4S/c1-23-16-9-11-5-7-14(21)13-10-15(22)17(26-4)8-6-12(13)18(11)20(25-3)19(16)24-2/h6,8-10,14H,5,7H2,1-4H3/t14-/m1/s1. The summed E-state index contributed by atoms with van der Waals surface area (Å²) in [6.45, 7) is 0. The van der Waals surface area contributed by atoms with E-state index < -0.39 is 0 Å². The molecule has 3 rings (SSSR count). The molecule has 0 saturated carbocycles. The third kappa shape index (κ3) is 3.21. The van der Waals surface area contributed by atoms with Crippen LogP contribution >= 0.6 is 27.7 Å². The van der Waals surface area contributed by atoms with Crippen molar-refractivity contribution in [2.75, 3.05) is 27.6 Å². The van der Waals surface area contributed by atoms with E-state index in [0.29, 0.717) is 17.2 Å². The highest BCUT2D eigenvalue weighted by atomic mass is 79.9. The van der Waals surface area contributed by atoms with E-state index in [2.05, 4.69) is 15.9 Å². The van der Waals surface area contributed by atoms with Crippen molar-refractivity contribution >= 4 is 27.7 Å². The average molecular weight is 437 g/mol. The molecular formula is C20H21BrO4S. The predicted octanol–water partition coefficient (Wildman–Crippen LogP) is 4.84. The molecule has 26 heavy (non-hydrogen) atoms. The molecular weight excluding hydrogens is 416 g/mol. The van der Waals surface area contributed by atoms with Gasteiger partial charge in [0.1, 0.15) is 0 Å². The topological polar surface area (TPSA) is 44.8 Å². The molecule has 0 amide bonds. The lowest BCUT2D eigenvalue weighted by molar-refractivity contribution is 0.324. The molecule has 0 spiro atoms. The number of hydrogen-bond acceptors (Lipinski definition) is 5. The maximum atomic E-state index is 12.6. The Bertz CT molecular complexity index is 898. The summed E-state index contributed by atoms with van der Waals surface area (Å²) in [5.74, 6) is 1.84. The minimum atomic E-state index is 0.0334. The minimum Gasteiger partial charge on any atom is -0.493 e. The fourth-order valence-corrected chi connectivity index (χ4v) is 4.49. The van der Waals surface area contributed by atoms with Gasteiger partial charge in [-0.3, -0.25) is 4.79 Å². The molecule has 0 N–H and O–H groups in total. The summed E-state index contributed by atoms with van der Waals surface area (Å²) >= 11 is 5.22. The van der Waals surface area contributed by atoms with Gasteiger partial charge in [0.05, 0.1) is 26.2 Å². The lowest BCUT2D eigenvalue weighted by Crippen LogP contribution is -2.01. The molecule has 0 fully saturated rings.